The molecule has 9 heteroatoms. The van der Waals surface area contributed by atoms with Gasteiger partial charge in [0, 0.05) is 29.7 Å². The molecule has 0 bridgehead atoms. The molecule has 20 heavy (non-hydrogen) atoms. The Labute approximate surface area is 121 Å². The van der Waals surface area contributed by atoms with Gasteiger partial charge in [-0.3, -0.25) is 10.1 Å². The molecule has 0 aliphatic rings. The first-order valence-corrected chi connectivity index (χ1v) is 8.59. The molecule has 0 aliphatic heterocycles. The van der Waals surface area contributed by atoms with Crippen LogP contribution in [0.4, 0.5) is 0 Å². The van der Waals surface area contributed by atoms with E-state index < -0.39 is 10.0 Å². The lowest BCUT2D eigenvalue weighted by molar-refractivity contribution is 0.574. The molecule has 0 atom stereocenters. The minimum absolute atomic E-state index is 0.116. The van der Waals surface area contributed by atoms with Crippen molar-refractivity contribution in [2.75, 3.05) is 6.54 Å². The van der Waals surface area contributed by atoms with E-state index in [1.165, 1.54) is 17.5 Å². The number of sulfonamides is 1. The van der Waals surface area contributed by atoms with Crippen LogP contribution in [0.3, 0.4) is 0 Å². The largest absolute Gasteiger partial charge is 0.313 e. The smallest absolute Gasteiger partial charge is 0.258 e. The van der Waals surface area contributed by atoms with Crippen molar-refractivity contribution in [1.29, 1.82) is 0 Å². The minimum Gasteiger partial charge on any atom is -0.313 e. The molecular formula is C11H17N5O2S2. The second-order valence-corrected chi connectivity index (χ2v) is 6.87. The molecule has 2 rings (SSSR count). The van der Waals surface area contributed by atoms with Crippen LogP contribution in [0.5, 0.6) is 0 Å². The van der Waals surface area contributed by atoms with Crippen LogP contribution in [-0.4, -0.2) is 30.1 Å². The average molecular weight is 315 g/mol. The zero-order chi connectivity index (χ0) is 14.4. The fraction of sp³-hybridized carbons (Fsp3) is 0.455. The fourth-order valence-corrected chi connectivity index (χ4v) is 3.38. The molecule has 2 aromatic rings. The highest BCUT2D eigenvalue weighted by Crippen LogP contribution is 2.13. The Morgan fingerprint density at radius 3 is 2.90 bits per heavy atom. The molecule has 7 nitrogen and oxygen atoms in total. The molecule has 0 aromatic carbocycles. The van der Waals surface area contributed by atoms with Crippen LogP contribution in [0.25, 0.3) is 0 Å². The second kappa shape index (κ2) is 6.93. The number of H-pyrrole nitrogens is 1. The van der Waals surface area contributed by atoms with Crippen LogP contribution < -0.4 is 10.0 Å². The number of hydrogen-bond donors (Lipinski definition) is 3. The van der Waals surface area contributed by atoms with Gasteiger partial charge in [-0.15, -0.1) is 11.3 Å². The van der Waals surface area contributed by atoms with Crippen molar-refractivity contribution >= 4 is 21.4 Å². The van der Waals surface area contributed by atoms with Gasteiger partial charge in [-0.05, 0) is 13.0 Å². The summed E-state index contributed by atoms with van der Waals surface area (Å²) in [6.45, 7) is 3.59. The first-order valence-electron chi connectivity index (χ1n) is 6.23. The van der Waals surface area contributed by atoms with Crippen LogP contribution in [0.1, 0.15) is 23.8 Å². The Morgan fingerprint density at radius 2 is 2.20 bits per heavy atom. The number of aromatic amines is 1. The Hall–Kier alpha value is -1.29. The summed E-state index contributed by atoms with van der Waals surface area (Å²) in [6, 6.07) is 0. The Balaban J connectivity index is 2.03. The number of nitrogens with zero attached hydrogens (tertiary/aromatic N) is 2. The van der Waals surface area contributed by atoms with Gasteiger partial charge in [-0.25, -0.2) is 13.1 Å². The summed E-state index contributed by atoms with van der Waals surface area (Å²) in [5, 5.41) is 9.64. The van der Waals surface area contributed by atoms with E-state index in [1.54, 1.807) is 11.7 Å². The fourth-order valence-electron chi connectivity index (χ4n) is 1.63. The SMILES string of the molecule is CCCNCc1cn[nH]c1S(=O)(=O)NCc1cncs1. The van der Waals surface area contributed by atoms with E-state index in [9.17, 15) is 8.42 Å². The molecular weight excluding hydrogens is 298 g/mol. The van der Waals surface area contributed by atoms with Crippen molar-refractivity contribution in [1.82, 2.24) is 25.2 Å². The molecule has 0 unspecified atom stereocenters. The molecule has 0 saturated carbocycles. The van der Waals surface area contributed by atoms with Crippen molar-refractivity contribution in [2.24, 2.45) is 0 Å². The average Bonchev–Trinajstić information content (AvgIpc) is 3.08. The summed E-state index contributed by atoms with van der Waals surface area (Å²) in [6.07, 6.45) is 4.16. The van der Waals surface area contributed by atoms with Crippen molar-refractivity contribution in [2.45, 2.75) is 31.5 Å². The lowest BCUT2D eigenvalue weighted by Crippen LogP contribution is -2.25. The van der Waals surface area contributed by atoms with E-state index in [2.05, 4.69) is 32.1 Å². The van der Waals surface area contributed by atoms with E-state index in [0.717, 1.165) is 17.8 Å². The summed E-state index contributed by atoms with van der Waals surface area (Å²) in [4.78, 5) is 4.77. The lowest BCUT2D eigenvalue weighted by atomic mass is 10.3. The third-order valence-corrected chi connectivity index (χ3v) is 4.80. The van der Waals surface area contributed by atoms with Gasteiger partial charge in [-0.2, -0.15) is 5.10 Å². The standard InChI is InChI=1S/C11H17N5O2S2/c1-2-3-12-4-9-5-14-16-11(9)20(17,18)15-7-10-6-13-8-19-10/h5-6,8,12,15H,2-4,7H2,1H3,(H,14,16). The maximum atomic E-state index is 12.2. The number of rotatable bonds is 8. The zero-order valence-electron chi connectivity index (χ0n) is 11.1. The predicted octanol–water partition coefficient (Wildman–Crippen LogP) is 0.844. The van der Waals surface area contributed by atoms with Gasteiger partial charge >= 0.3 is 0 Å². The van der Waals surface area contributed by atoms with E-state index in [4.69, 9.17) is 0 Å². The molecule has 2 aromatic heterocycles. The van der Waals surface area contributed by atoms with Crippen LogP contribution in [-0.2, 0) is 23.1 Å². The number of thiazole rings is 1. The first-order chi connectivity index (χ1) is 9.63. The highest BCUT2D eigenvalue weighted by Gasteiger charge is 2.20. The van der Waals surface area contributed by atoms with E-state index >= 15 is 0 Å². The van der Waals surface area contributed by atoms with Gasteiger partial charge in [0.1, 0.15) is 0 Å². The Kier molecular flexibility index (Phi) is 5.24. The highest BCUT2D eigenvalue weighted by atomic mass is 32.2. The quantitative estimate of drug-likeness (QED) is 0.627. The van der Waals surface area contributed by atoms with Crippen molar-refractivity contribution in [3.63, 3.8) is 0 Å². The normalized spacial score (nSPS) is 11.8. The molecule has 2 heterocycles. The van der Waals surface area contributed by atoms with Crippen molar-refractivity contribution in [3.8, 4) is 0 Å². The Bertz CT molecular complexity index is 621. The van der Waals surface area contributed by atoms with Crippen LogP contribution >= 0.6 is 11.3 Å². The Morgan fingerprint density at radius 1 is 1.35 bits per heavy atom. The number of hydrogen-bond acceptors (Lipinski definition) is 6. The molecule has 0 amide bonds. The van der Waals surface area contributed by atoms with Gasteiger partial charge < -0.3 is 5.32 Å². The van der Waals surface area contributed by atoms with Crippen molar-refractivity contribution < 1.29 is 8.42 Å². The molecule has 0 fully saturated rings. The highest BCUT2D eigenvalue weighted by molar-refractivity contribution is 7.89. The summed E-state index contributed by atoms with van der Waals surface area (Å²) in [5.41, 5.74) is 2.30. The third-order valence-electron chi connectivity index (χ3n) is 2.61. The molecule has 3 N–H and O–H groups in total. The van der Waals surface area contributed by atoms with Gasteiger partial charge in [0.25, 0.3) is 10.0 Å². The minimum atomic E-state index is -3.59. The van der Waals surface area contributed by atoms with Gasteiger partial charge in [0.05, 0.1) is 11.7 Å². The molecule has 0 spiro atoms. The van der Waals surface area contributed by atoms with Crippen LogP contribution in [0.15, 0.2) is 22.9 Å². The van der Waals surface area contributed by atoms with E-state index in [-0.39, 0.29) is 11.6 Å². The maximum absolute atomic E-state index is 12.2. The van der Waals surface area contributed by atoms with Crippen LogP contribution in [0.2, 0.25) is 0 Å². The molecule has 0 radical (unpaired) electrons. The van der Waals surface area contributed by atoms with Crippen LogP contribution in [0, 0.1) is 0 Å². The maximum Gasteiger partial charge on any atom is 0.258 e. The first kappa shape index (κ1) is 15.1. The summed E-state index contributed by atoms with van der Waals surface area (Å²) in [5.74, 6) is 0. The van der Waals surface area contributed by atoms with Gasteiger partial charge in [-0.1, -0.05) is 6.92 Å². The van der Waals surface area contributed by atoms with Gasteiger partial charge in [0.15, 0.2) is 5.03 Å². The van der Waals surface area contributed by atoms with E-state index in [0.29, 0.717) is 12.1 Å². The molecule has 0 saturated heterocycles. The molecule has 0 aliphatic carbocycles. The number of aromatic nitrogens is 3. The monoisotopic (exact) mass is 315 g/mol. The number of nitrogens with one attached hydrogen (secondary N) is 3. The van der Waals surface area contributed by atoms with Crippen molar-refractivity contribution in [3.05, 3.63) is 28.3 Å². The van der Waals surface area contributed by atoms with Gasteiger partial charge in [0.2, 0.25) is 0 Å². The topological polar surface area (TPSA) is 99.8 Å². The predicted molar refractivity (Wildman–Crippen MR) is 76.7 cm³/mol. The second-order valence-electron chi connectivity index (χ2n) is 4.19. The third kappa shape index (κ3) is 3.85. The summed E-state index contributed by atoms with van der Waals surface area (Å²) in [7, 11) is -3.59. The lowest BCUT2D eigenvalue weighted by Gasteiger charge is -2.06. The summed E-state index contributed by atoms with van der Waals surface area (Å²) >= 11 is 1.41. The van der Waals surface area contributed by atoms with E-state index in [1.807, 2.05) is 0 Å². The summed E-state index contributed by atoms with van der Waals surface area (Å²) < 4.78 is 27.0. The zero-order valence-corrected chi connectivity index (χ0v) is 12.7. The molecule has 110 valence electrons.